The first-order chi connectivity index (χ1) is 18.7. The number of rotatable bonds is 10. The van der Waals surface area contributed by atoms with Crippen molar-refractivity contribution >= 4 is 27.5 Å². The molecule has 0 radical (unpaired) electrons. The molecule has 0 saturated heterocycles. The second kappa shape index (κ2) is 12.7. The first-order valence-corrected chi connectivity index (χ1v) is 15.0. The Hall–Kier alpha value is -3.65. The molecule has 0 aliphatic carbocycles. The predicted molar refractivity (Wildman–Crippen MR) is 161 cm³/mol. The van der Waals surface area contributed by atoms with Crippen LogP contribution in [0.2, 0.25) is 0 Å². The standard InChI is InChI=1S/C32H41N3O4S/c1-8-29(31(37)33-32(5,6)7)34(21-26-12-10-9-11-13-26)30(36)22-35(27-19-24(3)18-25(4)20-27)40(38,39)28-16-14-23(2)15-17-28/h9-20,29H,8,21-22H2,1-7H3,(H,33,37)/t29-/m1/s1. The zero-order chi connectivity index (χ0) is 29.7. The van der Waals surface area contributed by atoms with Crippen molar-refractivity contribution in [3.63, 3.8) is 0 Å². The molecule has 1 atom stereocenters. The van der Waals surface area contributed by atoms with Gasteiger partial charge in [-0.1, -0.05) is 61.0 Å². The van der Waals surface area contributed by atoms with E-state index in [0.29, 0.717) is 12.1 Å². The van der Waals surface area contributed by atoms with Crippen LogP contribution in [0.15, 0.2) is 77.7 Å². The summed E-state index contributed by atoms with van der Waals surface area (Å²) in [7, 11) is -4.10. The van der Waals surface area contributed by atoms with Crippen LogP contribution in [0.5, 0.6) is 0 Å². The fourth-order valence-corrected chi connectivity index (χ4v) is 6.01. The Kier molecular flexibility index (Phi) is 9.79. The molecular weight excluding hydrogens is 522 g/mol. The molecule has 40 heavy (non-hydrogen) atoms. The predicted octanol–water partition coefficient (Wildman–Crippen LogP) is 5.53. The molecule has 0 fully saturated rings. The summed E-state index contributed by atoms with van der Waals surface area (Å²) in [6.45, 7) is 12.9. The van der Waals surface area contributed by atoms with Gasteiger partial charge in [0.15, 0.2) is 0 Å². The normalized spacial score (nSPS) is 12.5. The number of benzene rings is 3. The number of nitrogens with one attached hydrogen (secondary N) is 1. The van der Waals surface area contributed by atoms with Crippen molar-refractivity contribution in [3.05, 3.63) is 95.1 Å². The highest BCUT2D eigenvalue weighted by Gasteiger charge is 2.34. The molecule has 0 unspecified atom stereocenters. The van der Waals surface area contributed by atoms with E-state index in [9.17, 15) is 18.0 Å². The topological polar surface area (TPSA) is 86.8 Å². The van der Waals surface area contributed by atoms with Gasteiger partial charge in [0.2, 0.25) is 11.8 Å². The number of anilines is 1. The van der Waals surface area contributed by atoms with Crippen LogP contribution >= 0.6 is 0 Å². The molecule has 0 aromatic heterocycles. The summed E-state index contributed by atoms with van der Waals surface area (Å²) < 4.78 is 29.2. The molecule has 8 heteroatoms. The molecule has 0 saturated carbocycles. The van der Waals surface area contributed by atoms with Gasteiger partial charge >= 0.3 is 0 Å². The average molecular weight is 564 g/mol. The maximum Gasteiger partial charge on any atom is 0.264 e. The maximum atomic E-state index is 14.1. The summed E-state index contributed by atoms with van der Waals surface area (Å²) in [4.78, 5) is 29.1. The monoisotopic (exact) mass is 563 g/mol. The number of nitrogens with zero attached hydrogens (tertiary/aromatic N) is 2. The molecule has 1 N–H and O–H groups in total. The number of sulfonamides is 1. The number of carbonyl (C=O) groups is 2. The second-order valence-corrected chi connectivity index (χ2v) is 13.2. The van der Waals surface area contributed by atoms with Gasteiger partial charge in [-0.15, -0.1) is 0 Å². The number of hydrogen-bond donors (Lipinski definition) is 1. The molecule has 0 bridgehead atoms. The summed E-state index contributed by atoms with van der Waals surface area (Å²) in [5, 5.41) is 2.99. The Morgan fingerprint density at radius 2 is 1.43 bits per heavy atom. The van der Waals surface area contributed by atoms with E-state index in [4.69, 9.17) is 0 Å². The molecule has 7 nitrogen and oxygen atoms in total. The van der Waals surface area contributed by atoms with Gasteiger partial charge in [-0.3, -0.25) is 13.9 Å². The lowest BCUT2D eigenvalue weighted by atomic mass is 10.1. The van der Waals surface area contributed by atoms with E-state index < -0.39 is 34.1 Å². The van der Waals surface area contributed by atoms with Crippen LogP contribution in [0.3, 0.4) is 0 Å². The van der Waals surface area contributed by atoms with Crippen LogP contribution in [-0.2, 0) is 26.2 Å². The Bertz CT molecular complexity index is 1410. The second-order valence-electron chi connectivity index (χ2n) is 11.3. The highest BCUT2D eigenvalue weighted by Crippen LogP contribution is 2.27. The molecule has 3 aromatic rings. The van der Waals surface area contributed by atoms with Gasteiger partial charge < -0.3 is 10.2 Å². The zero-order valence-corrected chi connectivity index (χ0v) is 25.4. The fourth-order valence-electron chi connectivity index (χ4n) is 4.61. The van der Waals surface area contributed by atoms with Crippen LogP contribution in [-0.4, -0.2) is 43.3 Å². The van der Waals surface area contributed by atoms with Crippen LogP contribution in [0.25, 0.3) is 0 Å². The SMILES string of the molecule is CC[C@H](C(=O)NC(C)(C)C)N(Cc1ccccc1)C(=O)CN(c1cc(C)cc(C)c1)S(=O)(=O)c1ccc(C)cc1. The van der Waals surface area contributed by atoms with Crippen molar-refractivity contribution in [1.29, 1.82) is 0 Å². The van der Waals surface area contributed by atoms with E-state index in [0.717, 1.165) is 26.6 Å². The summed E-state index contributed by atoms with van der Waals surface area (Å²) in [5.74, 6) is -0.742. The van der Waals surface area contributed by atoms with Crippen molar-refractivity contribution in [2.45, 2.75) is 77.9 Å². The van der Waals surface area contributed by atoms with Gasteiger partial charge in [-0.2, -0.15) is 0 Å². The maximum absolute atomic E-state index is 14.1. The molecule has 2 amide bonds. The highest BCUT2D eigenvalue weighted by atomic mass is 32.2. The van der Waals surface area contributed by atoms with Crippen molar-refractivity contribution < 1.29 is 18.0 Å². The van der Waals surface area contributed by atoms with E-state index in [2.05, 4.69) is 5.32 Å². The molecule has 0 spiro atoms. The lowest BCUT2D eigenvalue weighted by Crippen LogP contribution is -2.55. The Morgan fingerprint density at radius 3 is 1.95 bits per heavy atom. The minimum Gasteiger partial charge on any atom is -0.350 e. The zero-order valence-electron chi connectivity index (χ0n) is 24.6. The van der Waals surface area contributed by atoms with E-state index >= 15 is 0 Å². The van der Waals surface area contributed by atoms with E-state index in [1.54, 1.807) is 36.4 Å². The van der Waals surface area contributed by atoms with Crippen molar-refractivity contribution in [2.24, 2.45) is 0 Å². The van der Waals surface area contributed by atoms with Gasteiger partial charge in [-0.25, -0.2) is 8.42 Å². The van der Waals surface area contributed by atoms with Crippen LogP contribution in [0.4, 0.5) is 5.69 Å². The minimum atomic E-state index is -4.10. The third-order valence-electron chi connectivity index (χ3n) is 6.46. The minimum absolute atomic E-state index is 0.0946. The Balaban J connectivity index is 2.09. The van der Waals surface area contributed by atoms with Crippen molar-refractivity contribution in [1.82, 2.24) is 10.2 Å². The molecule has 214 valence electrons. The molecule has 3 rings (SSSR count). The van der Waals surface area contributed by atoms with Gasteiger partial charge in [0.25, 0.3) is 10.0 Å². The third kappa shape index (κ3) is 7.94. The molecule has 0 aliphatic rings. The number of amides is 2. The van der Waals surface area contributed by atoms with E-state index in [1.165, 1.54) is 4.90 Å². The van der Waals surface area contributed by atoms with Gasteiger partial charge in [0.05, 0.1) is 10.6 Å². The van der Waals surface area contributed by atoms with Crippen LogP contribution in [0, 0.1) is 20.8 Å². The Morgan fingerprint density at radius 1 is 0.850 bits per heavy atom. The smallest absolute Gasteiger partial charge is 0.264 e. The average Bonchev–Trinajstić information content (AvgIpc) is 2.86. The Labute approximate surface area is 239 Å². The molecule has 3 aromatic carbocycles. The molecule has 0 aliphatic heterocycles. The molecule has 0 heterocycles. The van der Waals surface area contributed by atoms with Crippen LogP contribution < -0.4 is 9.62 Å². The first kappa shape index (κ1) is 30.9. The largest absolute Gasteiger partial charge is 0.350 e. The molecular formula is C32H41N3O4S. The van der Waals surface area contributed by atoms with Crippen molar-refractivity contribution in [3.8, 4) is 0 Å². The number of hydrogen-bond acceptors (Lipinski definition) is 4. The van der Waals surface area contributed by atoms with Crippen LogP contribution in [0.1, 0.15) is 56.4 Å². The number of aryl methyl sites for hydroxylation is 3. The fraction of sp³-hybridized carbons (Fsp3) is 0.375. The van der Waals surface area contributed by atoms with Gasteiger partial charge in [0.1, 0.15) is 12.6 Å². The quantitative estimate of drug-likeness (QED) is 0.352. The summed E-state index contributed by atoms with van der Waals surface area (Å²) in [6.07, 6.45) is 0.370. The van der Waals surface area contributed by atoms with E-state index in [1.807, 2.05) is 84.9 Å². The highest BCUT2D eigenvalue weighted by molar-refractivity contribution is 7.92. The van der Waals surface area contributed by atoms with Gasteiger partial charge in [0, 0.05) is 12.1 Å². The lowest BCUT2D eigenvalue weighted by molar-refractivity contribution is -0.141. The lowest BCUT2D eigenvalue weighted by Gasteiger charge is -2.35. The summed E-state index contributed by atoms with van der Waals surface area (Å²) in [5.41, 5.74) is 3.44. The summed E-state index contributed by atoms with van der Waals surface area (Å²) >= 11 is 0. The number of carbonyl (C=O) groups excluding carboxylic acids is 2. The first-order valence-electron chi connectivity index (χ1n) is 13.5. The third-order valence-corrected chi connectivity index (χ3v) is 8.25. The van der Waals surface area contributed by atoms with E-state index in [-0.39, 0.29) is 17.3 Å². The van der Waals surface area contributed by atoms with Crippen molar-refractivity contribution in [2.75, 3.05) is 10.8 Å². The summed E-state index contributed by atoms with van der Waals surface area (Å²) in [6, 6.07) is 20.7. The van der Waals surface area contributed by atoms with Gasteiger partial charge in [-0.05, 0) is 88.9 Å².